The van der Waals surface area contributed by atoms with E-state index in [1.165, 1.54) is 19.2 Å². The predicted molar refractivity (Wildman–Crippen MR) is 144 cm³/mol. The molecule has 3 rings (SSSR count). The van der Waals surface area contributed by atoms with Crippen molar-refractivity contribution in [1.82, 2.24) is 0 Å². The molecule has 0 fully saturated rings. The largest absolute Gasteiger partial charge is 0.507 e. The van der Waals surface area contributed by atoms with Crippen LogP contribution in [0.1, 0.15) is 58.1 Å². The van der Waals surface area contributed by atoms with Gasteiger partial charge >= 0.3 is 0 Å². The van der Waals surface area contributed by atoms with E-state index >= 15 is 0 Å². The SMILES string of the molecule is COc1c(O)cc2oc3cc(O)c(C/C=C(/C)CO)c(O)c3c(=O)c2c1C/C=C(\C)CCCC(C)(C)O. The average molecular weight is 513 g/mol. The highest BCUT2D eigenvalue weighted by atomic mass is 16.5. The number of phenolic OH excluding ortho intramolecular Hbond substituents is 3. The Morgan fingerprint density at radius 2 is 1.57 bits per heavy atom. The maximum absolute atomic E-state index is 13.8. The summed E-state index contributed by atoms with van der Waals surface area (Å²) in [6.07, 6.45) is 6.16. The summed E-state index contributed by atoms with van der Waals surface area (Å²) < 4.78 is 11.3. The van der Waals surface area contributed by atoms with Crippen molar-refractivity contribution in [1.29, 1.82) is 0 Å². The molecule has 0 aliphatic heterocycles. The number of rotatable bonds is 10. The fraction of sp³-hybridized carbons (Fsp3) is 0.414. The first-order valence-corrected chi connectivity index (χ1v) is 12.3. The number of aromatic hydroxyl groups is 3. The van der Waals surface area contributed by atoms with E-state index in [1.54, 1.807) is 26.8 Å². The van der Waals surface area contributed by atoms with Crippen LogP contribution in [0.25, 0.3) is 21.9 Å². The van der Waals surface area contributed by atoms with Gasteiger partial charge in [0.25, 0.3) is 0 Å². The Kier molecular flexibility index (Phi) is 8.56. The molecule has 3 aromatic rings. The smallest absolute Gasteiger partial charge is 0.204 e. The lowest BCUT2D eigenvalue weighted by Gasteiger charge is -2.16. The van der Waals surface area contributed by atoms with Crippen molar-refractivity contribution in [2.45, 2.75) is 65.4 Å². The van der Waals surface area contributed by atoms with Crippen LogP contribution in [0.15, 0.2) is 44.6 Å². The molecule has 8 nitrogen and oxygen atoms in total. The topological polar surface area (TPSA) is 141 Å². The molecule has 200 valence electrons. The minimum Gasteiger partial charge on any atom is -0.507 e. The molecule has 37 heavy (non-hydrogen) atoms. The van der Waals surface area contributed by atoms with Gasteiger partial charge < -0.3 is 34.7 Å². The lowest BCUT2D eigenvalue weighted by molar-refractivity contribution is 0.0689. The average Bonchev–Trinajstić information content (AvgIpc) is 2.80. The number of methoxy groups -OCH3 is 1. The van der Waals surface area contributed by atoms with E-state index in [4.69, 9.17) is 9.15 Å². The summed E-state index contributed by atoms with van der Waals surface area (Å²) in [5.41, 5.74) is 1.08. The monoisotopic (exact) mass is 512 g/mol. The zero-order valence-electron chi connectivity index (χ0n) is 22.0. The number of fused-ring (bicyclic) bond motifs is 2. The predicted octanol–water partition coefficient (Wildman–Crippen LogP) is 4.98. The molecule has 0 aliphatic rings. The van der Waals surface area contributed by atoms with Crippen molar-refractivity contribution in [3.8, 4) is 23.0 Å². The van der Waals surface area contributed by atoms with E-state index in [0.717, 1.165) is 18.4 Å². The van der Waals surface area contributed by atoms with Gasteiger partial charge in [0.05, 0.1) is 24.7 Å². The lowest BCUT2D eigenvalue weighted by Crippen LogP contribution is -2.17. The standard InChI is InChI=1S/C29H36O8/c1-16(7-6-12-29(3,4)35)8-11-19-24-22(14-21(32)28(19)36-5)37-23-13-20(31)18(10-9-17(2)15-30)26(33)25(23)27(24)34/h8-9,13-14,30-33,35H,6-7,10-12,15H2,1-5H3/b16-8+,17-9-. The van der Waals surface area contributed by atoms with Gasteiger partial charge in [-0.15, -0.1) is 0 Å². The lowest BCUT2D eigenvalue weighted by atomic mass is 9.97. The number of aliphatic hydroxyl groups excluding tert-OH is 1. The Morgan fingerprint density at radius 1 is 0.973 bits per heavy atom. The number of hydrogen-bond acceptors (Lipinski definition) is 8. The van der Waals surface area contributed by atoms with Crippen molar-refractivity contribution in [2.24, 2.45) is 0 Å². The Bertz CT molecular complexity index is 1420. The molecule has 5 N–H and O–H groups in total. The third-order valence-electron chi connectivity index (χ3n) is 6.47. The number of phenols is 3. The van der Waals surface area contributed by atoms with Gasteiger partial charge in [-0.1, -0.05) is 23.3 Å². The van der Waals surface area contributed by atoms with Gasteiger partial charge in [0.2, 0.25) is 5.43 Å². The zero-order chi connectivity index (χ0) is 27.5. The number of benzene rings is 2. The fourth-order valence-electron chi connectivity index (χ4n) is 4.37. The highest BCUT2D eigenvalue weighted by Crippen LogP contribution is 2.40. The maximum atomic E-state index is 13.8. The van der Waals surface area contributed by atoms with Crippen molar-refractivity contribution < 1.29 is 34.7 Å². The van der Waals surface area contributed by atoms with Gasteiger partial charge in [-0.25, -0.2) is 0 Å². The second kappa shape index (κ2) is 11.3. The third-order valence-corrected chi connectivity index (χ3v) is 6.47. The normalized spacial score (nSPS) is 13.1. The van der Waals surface area contributed by atoms with E-state index < -0.39 is 16.8 Å². The Labute approximate surface area is 215 Å². The van der Waals surface area contributed by atoms with E-state index in [2.05, 4.69) is 0 Å². The van der Waals surface area contributed by atoms with E-state index in [9.17, 15) is 30.3 Å². The molecule has 0 radical (unpaired) electrons. The van der Waals surface area contributed by atoms with E-state index in [1.807, 2.05) is 13.0 Å². The van der Waals surface area contributed by atoms with Gasteiger partial charge in [0.1, 0.15) is 28.1 Å². The van der Waals surface area contributed by atoms with Gasteiger partial charge in [0.15, 0.2) is 11.5 Å². The molecule has 2 aromatic carbocycles. The molecule has 1 aromatic heterocycles. The summed E-state index contributed by atoms with van der Waals surface area (Å²) in [4.78, 5) is 13.8. The summed E-state index contributed by atoms with van der Waals surface area (Å²) in [6.45, 7) is 7.04. The Hall–Kier alpha value is -3.49. The van der Waals surface area contributed by atoms with Crippen LogP contribution in [0.2, 0.25) is 0 Å². The quantitative estimate of drug-likeness (QED) is 0.189. The maximum Gasteiger partial charge on any atom is 0.204 e. The molecule has 1 heterocycles. The molecule has 0 saturated heterocycles. The van der Waals surface area contributed by atoms with Crippen LogP contribution in [0, 0.1) is 0 Å². The van der Waals surface area contributed by atoms with Gasteiger partial charge in [-0.05, 0) is 59.8 Å². The van der Waals surface area contributed by atoms with E-state index in [0.29, 0.717) is 17.6 Å². The molecule has 0 bridgehead atoms. The molecule has 0 atom stereocenters. The second-order valence-corrected chi connectivity index (χ2v) is 10.1. The summed E-state index contributed by atoms with van der Waals surface area (Å²) in [6, 6.07) is 2.55. The van der Waals surface area contributed by atoms with Gasteiger partial charge in [0, 0.05) is 23.3 Å². The molecule has 8 heteroatoms. The fourth-order valence-corrected chi connectivity index (χ4v) is 4.37. The number of allylic oxidation sites excluding steroid dienone is 3. The number of hydrogen-bond donors (Lipinski definition) is 5. The Balaban J connectivity index is 2.18. The minimum atomic E-state index is -0.743. The van der Waals surface area contributed by atoms with Gasteiger partial charge in [-0.3, -0.25) is 4.79 Å². The van der Waals surface area contributed by atoms with E-state index in [-0.39, 0.29) is 64.2 Å². The number of ether oxygens (including phenoxy) is 1. The zero-order valence-corrected chi connectivity index (χ0v) is 22.0. The summed E-state index contributed by atoms with van der Waals surface area (Å²) in [7, 11) is 1.40. The highest BCUT2D eigenvalue weighted by Gasteiger charge is 2.23. The molecular formula is C29H36O8. The minimum absolute atomic E-state index is 0.0204. The summed E-state index contributed by atoms with van der Waals surface area (Å²) >= 11 is 0. The second-order valence-electron chi connectivity index (χ2n) is 10.1. The van der Waals surface area contributed by atoms with Crippen LogP contribution in [0.3, 0.4) is 0 Å². The number of aliphatic hydroxyl groups is 2. The molecule has 0 aliphatic carbocycles. The van der Waals surface area contributed by atoms with Crippen molar-refractivity contribution in [3.63, 3.8) is 0 Å². The van der Waals surface area contributed by atoms with Crippen molar-refractivity contribution in [2.75, 3.05) is 13.7 Å². The van der Waals surface area contributed by atoms with Crippen molar-refractivity contribution >= 4 is 21.9 Å². The molecule has 0 unspecified atom stereocenters. The van der Waals surface area contributed by atoms with Crippen LogP contribution < -0.4 is 10.2 Å². The van der Waals surface area contributed by atoms with Gasteiger partial charge in [-0.2, -0.15) is 0 Å². The van der Waals surface area contributed by atoms with Crippen LogP contribution in [0.4, 0.5) is 0 Å². The molecule has 0 spiro atoms. The highest BCUT2D eigenvalue weighted by molar-refractivity contribution is 5.97. The van der Waals surface area contributed by atoms with Crippen LogP contribution in [-0.2, 0) is 12.8 Å². The summed E-state index contributed by atoms with van der Waals surface area (Å²) in [5.74, 6) is -0.712. The molecule has 0 amide bonds. The van der Waals surface area contributed by atoms with Crippen LogP contribution in [0.5, 0.6) is 23.0 Å². The first-order valence-electron chi connectivity index (χ1n) is 12.3. The third kappa shape index (κ3) is 6.26. The summed E-state index contributed by atoms with van der Waals surface area (Å²) in [5, 5.41) is 51.3. The Morgan fingerprint density at radius 3 is 2.19 bits per heavy atom. The van der Waals surface area contributed by atoms with Crippen molar-refractivity contribution in [3.05, 3.63) is 56.8 Å². The molecular weight excluding hydrogens is 476 g/mol. The van der Waals surface area contributed by atoms with Crippen LogP contribution in [-0.4, -0.2) is 44.9 Å². The first kappa shape index (κ1) is 28.1. The first-order chi connectivity index (χ1) is 17.4. The molecule has 0 saturated carbocycles. The van der Waals surface area contributed by atoms with Crippen LogP contribution >= 0.6 is 0 Å².